The average molecular weight is 244 g/mol. The molecule has 17 heavy (non-hydrogen) atoms. The lowest BCUT2D eigenvalue weighted by Gasteiger charge is -2.11. The van der Waals surface area contributed by atoms with Gasteiger partial charge in [-0.3, -0.25) is 5.32 Å². The Morgan fingerprint density at radius 3 is 2.71 bits per heavy atom. The van der Waals surface area contributed by atoms with Crippen molar-refractivity contribution >= 4 is 17.5 Å². The second kappa shape index (κ2) is 5.47. The highest BCUT2D eigenvalue weighted by atomic mass is 19.2. The summed E-state index contributed by atoms with van der Waals surface area (Å²) in [6.45, 7) is 3.89. The van der Waals surface area contributed by atoms with Gasteiger partial charge in [-0.15, -0.1) is 0 Å². The summed E-state index contributed by atoms with van der Waals surface area (Å²) in [6.07, 6.45) is -0.866. The van der Waals surface area contributed by atoms with E-state index in [9.17, 15) is 13.6 Å². The minimum atomic E-state index is -1.20. The molecule has 94 valence electrons. The van der Waals surface area contributed by atoms with Gasteiger partial charge in [-0.05, 0) is 18.1 Å². The summed E-state index contributed by atoms with van der Waals surface area (Å²) in [6, 6.07) is 2.05. The molecule has 0 fully saturated rings. The van der Waals surface area contributed by atoms with E-state index in [0.717, 1.165) is 12.1 Å². The normalized spacial score (nSPS) is 10.4. The van der Waals surface area contributed by atoms with E-state index in [4.69, 9.17) is 10.5 Å². The maximum Gasteiger partial charge on any atom is 0.411 e. The number of amides is 1. The molecule has 0 unspecified atom stereocenters. The topological polar surface area (TPSA) is 64.3 Å². The van der Waals surface area contributed by atoms with E-state index in [1.807, 2.05) is 13.8 Å². The van der Waals surface area contributed by atoms with Gasteiger partial charge in [0.2, 0.25) is 0 Å². The fraction of sp³-hybridized carbons (Fsp3) is 0.364. The zero-order valence-electron chi connectivity index (χ0n) is 9.59. The van der Waals surface area contributed by atoms with Gasteiger partial charge in [-0.1, -0.05) is 13.8 Å². The van der Waals surface area contributed by atoms with Crippen molar-refractivity contribution in [3.8, 4) is 0 Å². The van der Waals surface area contributed by atoms with E-state index in [-0.39, 0.29) is 18.2 Å². The predicted octanol–water partition coefficient (Wildman–Crippen LogP) is 2.75. The lowest BCUT2D eigenvalue weighted by atomic mass is 10.2. The highest BCUT2D eigenvalue weighted by Gasteiger charge is 2.15. The van der Waals surface area contributed by atoms with Crippen LogP contribution in [0.2, 0.25) is 0 Å². The Morgan fingerprint density at radius 2 is 2.12 bits per heavy atom. The van der Waals surface area contributed by atoms with Crippen LogP contribution in [0.15, 0.2) is 12.1 Å². The molecule has 1 aromatic rings. The first-order valence-corrected chi connectivity index (χ1v) is 5.09. The van der Waals surface area contributed by atoms with E-state index in [1.165, 1.54) is 0 Å². The average Bonchev–Trinajstić information content (AvgIpc) is 2.27. The lowest BCUT2D eigenvalue weighted by Crippen LogP contribution is -2.18. The van der Waals surface area contributed by atoms with Crippen molar-refractivity contribution in [1.29, 1.82) is 0 Å². The number of carbonyl (C=O) groups is 1. The standard InChI is InChI=1S/C11H14F2N2O2/c1-6(2)5-17-11(16)15-10-8(14)4-3-7(12)9(10)13/h3-4,6H,5,14H2,1-2H3,(H,15,16). The Bertz CT molecular complexity index is 422. The Hall–Kier alpha value is -1.85. The van der Waals surface area contributed by atoms with E-state index < -0.39 is 23.4 Å². The molecule has 0 aromatic heterocycles. The van der Waals surface area contributed by atoms with Gasteiger partial charge < -0.3 is 10.5 Å². The Balaban J connectivity index is 2.74. The van der Waals surface area contributed by atoms with Crippen LogP contribution in [0.3, 0.4) is 0 Å². The smallest absolute Gasteiger partial charge is 0.411 e. The van der Waals surface area contributed by atoms with E-state index in [1.54, 1.807) is 0 Å². The maximum atomic E-state index is 13.3. The van der Waals surface area contributed by atoms with Crippen molar-refractivity contribution < 1.29 is 18.3 Å². The number of nitrogens with one attached hydrogen (secondary N) is 1. The molecule has 0 saturated carbocycles. The Morgan fingerprint density at radius 1 is 1.47 bits per heavy atom. The Kier molecular flexibility index (Phi) is 4.25. The molecule has 0 saturated heterocycles. The fourth-order valence-electron chi connectivity index (χ4n) is 1.07. The molecule has 0 atom stereocenters. The molecule has 3 N–H and O–H groups in total. The molecule has 1 amide bonds. The summed E-state index contributed by atoms with van der Waals surface area (Å²) in [7, 11) is 0. The number of benzene rings is 1. The molecular formula is C11H14F2N2O2. The van der Waals surface area contributed by atoms with Crippen molar-refractivity contribution in [3.05, 3.63) is 23.8 Å². The maximum absolute atomic E-state index is 13.3. The molecule has 0 bridgehead atoms. The summed E-state index contributed by atoms with van der Waals surface area (Å²) in [5.74, 6) is -2.14. The molecule has 0 aliphatic rings. The monoisotopic (exact) mass is 244 g/mol. The number of carbonyl (C=O) groups excluding carboxylic acids is 1. The van der Waals surface area contributed by atoms with Gasteiger partial charge >= 0.3 is 6.09 Å². The molecular weight excluding hydrogens is 230 g/mol. The number of anilines is 2. The van der Waals surface area contributed by atoms with E-state index in [0.29, 0.717) is 0 Å². The number of nitrogen functional groups attached to an aromatic ring is 1. The first-order valence-electron chi connectivity index (χ1n) is 5.09. The van der Waals surface area contributed by atoms with Gasteiger partial charge in [-0.2, -0.15) is 0 Å². The van der Waals surface area contributed by atoms with Crippen LogP contribution in [0.25, 0.3) is 0 Å². The zero-order chi connectivity index (χ0) is 13.0. The van der Waals surface area contributed by atoms with Crippen LogP contribution in [0.1, 0.15) is 13.8 Å². The molecule has 0 radical (unpaired) electrons. The van der Waals surface area contributed by atoms with Gasteiger partial charge in [0.1, 0.15) is 5.69 Å². The minimum absolute atomic E-state index is 0.0644. The van der Waals surface area contributed by atoms with Crippen LogP contribution in [0, 0.1) is 17.6 Å². The molecule has 0 aliphatic heterocycles. The first kappa shape index (κ1) is 13.2. The van der Waals surface area contributed by atoms with Crippen molar-refractivity contribution in [1.82, 2.24) is 0 Å². The highest BCUT2D eigenvalue weighted by Crippen LogP contribution is 2.24. The quantitative estimate of drug-likeness (QED) is 0.803. The molecule has 0 spiro atoms. The fourth-order valence-corrected chi connectivity index (χ4v) is 1.07. The van der Waals surface area contributed by atoms with Gasteiger partial charge in [0.15, 0.2) is 11.6 Å². The number of rotatable bonds is 3. The van der Waals surface area contributed by atoms with Crippen molar-refractivity contribution in [2.75, 3.05) is 17.7 Å². The van der Waals surface area contributed by atoms with E-state index in [2.05, 4.69) is 5.32 Å². The van der Waals surface area contributed by atoms with Gasteiger partial charge in [0.05, 0.1) is 12.3 Å². The van der Waals surface area contributed by atoms with Crippen LogP contribution in [0.4, 0.5) is 25.0 Å². The summed E-state index contributed by atoms with van der Waals surface area (Å²) in [5, 5.41) is 2.07. The van der Waals surface area contributed by atoms with Crippen molar-refractivity contribution in [2.45, 2.75) is 13.8 Å². The lowest BCUT2D eigenvalue weighted by molar-refractivity contribution is 0.147. The van der Waals surface area contributed by atoms with Crippen molar-refractivity contribution in [2.24, 2.45) is 5.92 Å². The largest absolute Gasteiger partial charge is 0.449 e. The number of hydrogen-bond donors (Lipinski definition) is 2. The minimum Gasteiger partial charge on any atom is -0.449 e. The van der Waals surface area contributed by atoms with Crippen LogP contribution < -0.4 is 11.1 Å². The van der Waals surface area contributed by atoms with Gasteiger partial charge in [-0.25, -0.2) is 13.6 Å². The zero-order valence-corrected chi connectivity index (χ0v) is 9.59. The summed E-state index contributed by atoms with van der Waals surface area (Å²) >= 11 is 0. The third-order valence-corrected chi connectivity index (χ3v) is 1.90. The van der Waals surface area contributed by atoms with Gasteiger partial charge in [0.25, 0.3) is 0 Å². The highest BCUT2D eigenvalue weighted by molar-refractivity contribution is 5.89. The van der Waals surface area contributed by atoms with Crippen LogP contribution >= 0.6 is 0 Å². The SMILES string of the molecule is CC(C)COC(=O)Nc1c(N)ccc(F)c1F. The van der Waals surface area contributed by atoms with Crippen LogP contribution in [0.5, 0.6) is 0 Å². The molecule has 0 heterocycles. The molecule has 4 nitrogen and oxygen atoms in total. The summed E-state index contributed by atoms with van der Waals surface area (Å²) in [5.41, 5.74) is 4.95. The number of ether oxygens (including phenoxy) is 1. The van der Waals surface area contributed by atoms with Gasteiger partial charge in [0, 0.05) is 0 Å². The van der Waals surface area contributed by atoms with Crippen LogP contribution in [-0.4, -0.2) is 12.7 Å². The molecule has 1 aromatic carbocycles. The number of nitrogens with two attached hydrogens (primary N) is 1. The first-order chi connectivity index (χ1) is 7.91. The second-order valence-electron chi connectivity index (χ2n) is 3.94. The third-order valence-electron chi connectivity index (χ3n) is 1.90. The number of halogens is 2. The summed E-state index contributed by atoms with van der Waals surface area (Å²) in [4.78, 5) is 11.3. The molecule has 1 rings (SSSR count). The van der Waals surface area contributed by atoms with E-state index >= 15 is 0 Å². The Labute approximate surface area is 97.8 Å². The molecule has 6 heteroatoms. The second-order valence-corrected chi connectivity index (χ2v) is 3.94. The predicted molar refractivity (Wildman–Crippen MR) is 60.6 cm³/mol. The van der Waals surface area contributed by atoms with Crippen LogP contribution in [-0.2, 0) is 4.74 Å². The number of hydrogen-bond acceptors (Lipinski definition) is 3. The third kappa shape index (κ3) is 3.58. The molecule has 0 aliphatic carbocycles. The summed E-state index contributed by atoms with van der Waals surface area (Å²) < 4.78 is 31.0. The van der Waals surface area contributed by atoms with Crippen molar-refractivity contribution in [3.63, 3.8) is 0 Å².